The van der Waals surface area contributed by atoms with Gasteiger partial charge in [-0.15, -0.1) is 0 Å². The minimum Gasteiger partial charge on any atom is -0.488 e. The number of hydrogen-bond acceptors (Lipinski definition) is 2. The maximum atomic E-state index is 13.5. The van der Waals surface area contributed by atoms with Crippen molar-refractivity contribution < 1.29 is 9.13 Å². The van der Waals surface area contributed by atoms with Crippen LogP contribution in [0.3, 0.4) is 0 Å². The van der Waals surface area contributed by atoms with E-state index in [9.17, 15) is 4.39 Å². The third-order valence-electron chi connectivity index (χ3n) is 2.77. The summed E-state index contributed by atoms with van der Waals surface area (Å²) in [6, 6.07) is 11.8. The van der Waals surface area contributed by atoms with E-state index in [1.165, 1.54) is 6.07 Å². The first-order chi connectivity index (χ1) is 9.08. The fourth-order valence-electron chi connectivity index (χ4n) is 1.74. The molecule has 0 aliphatic carbocycles. The van der Waals surface area contributed by atoms with E-state index < -0.39 is 0 Å². The molecule has 0 aliphatic rings. The molecular weight excluding hydrogens is 243 g/mol. The number of benzene rings is 2. The molecule has 0 fully saturated rings. The number of aryl methyl sites for hydroxylation is 1. The molecule has 0 unspecified atom stereocenters. The van der Waals surface area contributed by atoms with E-state index in [2.05, 4.69) is 0 Å². The molecule has 2 rings (SSSR count). The second-order valence-corrected chi connectivity index (χ2v) is 4.29. The SMILES string of the molecule is Cc1ccc(C(=N)N)c(OCc2ccccc2F)c1. The Morgan fingerprint density at radius 2 is 2.00 bits per heavy atom. The largest absolute Gasteiger partial charge is 0.488 e. The van der Waals surface area contributed by atoms with Crippen LogP contribution in [-0.4, -0.2) is 5.84 Å². The first kappa shape index (κ1) is 13.1. The monoisotopic (exact) mass is 258 g/mol. The highest BCUT2D eigenvalue weighted by Crippen LogP contribution is 2.21. The van der Waals surface area contributed by atoms with Crippen molar-refractivity contribution in [3.63, 3.8) is 0 Å². The van der Waals surface area contributed by atoms with E-state index in [4.69, 9.17) is 15.9 Å². The maximum Gasteiger partial charge on any atom is 0.130 e. The molecule has 0 aromatic heterocycles. The molecule has 0 aliphatic heterocycles. The predicted molar refractivity (Wildman–Crippen MR) is 72.9 cm³/mol. The molecule has 0 saturated carbocycles. The van der Waals surface area contributed by atoms with Crippen LogP contribution in [0, 0.1) is 18.2 Å². The topological polar surface area (TPSA) is 59.1 Å². The number of ether oxygens (including phenoxy) is 1. The van der Waals surface area contributed by atoms with E-state index in [1.54, 1.807) is 30.3 Å². The Morgan fingerprint density at radius 3 is 2.68 bits per heavy atom. The van der Waals surface area contributed by atoms with Crippen LogP contribution >= 0.6 is 0 Å². The van der Waals surface area contributed by atoms with Gasteiger partial charge >= 0.3 is 0 Å². The second kappa shape index (κ2) is 5.52. The molecule has 2 aromatic rings. The van der Waals surface area contributed by atoms with Crippen molar-refractivity contribution in [2.24, 2.45) is 5.73 Å². The van der Waals surface area contributed by atoms with Gasteiger partial charge in [-0.1, -0.05) is 24.3 Å². The Bertz CT molecular complexity index is 611. The lowest BCUT2D eigenvalue weighted by Crippen LogP contribution is -2.13. The summed E-state index contributed by atoms with van der Waals surface area (Å²) in [6.07, 6.45) is 0. The normalized spacial score (nSPS) is 10.2. The predicted octanol–water partition coefficient (Wildman–Crippen LogP) is 3.00. The van der Waals surface area contributed by atoms with E-state index >= 15 is 0 Å². The van der Waals surface area contributed by atoms with Crippen LogP contribution in [0.4, 0.5) is 4.39 Å². The van der Waals surface area contributed by atoms with Crippen LogP contribution in [0.15, 0.2) is 42.5 Å². The molecule has 19 heavy (non-hydrogen) atoms. The number of rotatable bonds is 4. The summed E-state index contributed by atoms with van der Waals surface area (Å²) in [5.41, 5.74) is 7.47. The summed E-state index contributed by atoms with van der Waals surface area (Å²) in [6.45, 7) is 2.02. The van der Waals surface area contributed by atoms with Crippen LogP contribution in [0.1, 0.15) is 16.7 Å². The lowest BCUT2D eigenvalue weighted by atomic mass is 10.1. The lowest BCUT2D eigenvalue weighted by Gasteiger charge is -2.12. The summed E-state index contributed by atoms with van der Waals surface area (Å²) >= 11 is 0. The highest BCUT2D eigenvalue weighted by Gasteiger charge is 2.08. The van der Waals surface area contributed by atoms with Crippen LogP contribution in [-0.2, 0) is 6.61 Å². The number of nitrogens with two attached hydrogens (primary N) is 1. The van der Waals surface area contributed by atoms with Crippen LogP contribution in [0.2, 0.25) is 0 Å². The van der Waals surface area contributed by atoms with Crippen molar-refractivity contribution in [2.45, 2.75) is 13.5 Å². The summed E-state index contributed by atoms with van der Waals surface area (Å²) in [4.78, 5) is 0. The molecule has 0 spiro atoms. The fourth-order valence-corrected chi connectivity index (χ4v) is 1.74. The molecule has 0 atom stereocenters. The van der Waals surface area contributed by atoms with Crippen molar-refractivity contribution in [1.82, 2.24) is 0 Å². The molecule has 0 radical (unpaired) electrons. The van der Waals surface area contributed by atoms with Crippen molar-refractivity contribution in [2.75, 3.05) is 0 Å². The minimum atomic E-state index is -0.306. The second-order valence-electron chi connectivity index (χ2n) is 4.29. The Morgan fingerprint density at radius 1 is 1.26 bits per heavy atom. The highest BCUT2D eigenvalue weighted by atomic mass is 19.1. The molecular formula is C15H15FN2O. The van der Waals surface area contributed by atoms with Gasteiger partial charge in [0, 0.05) is 5.56 Å². The lowest BCUT2D eigenvalue weighted by molar-refractivity contribution is 0.299. The average Bonchev–Trinajstić information content (AvgIpc) is 2.37. The van der Waals surface area contributed by atoms with Crippen LogP contribution in [0.5, 0.6) is 5.75 Å². The smallest absolute Gasteiger partial charge is 0.130 e. The van der Waals surface area contributed by atoms with Gasteiger partial charge in [-0.3, -0.25) is 5.41 Å². The zero-order valence-corrected chi connectivity index (χ0v) is 10.6. The molecule has 0 bridgehead atoms. The molecule has 0 amide bonds. The number of amidine groups is 1. The molecule has 3 nitrogen and oxygen atoms in total. The number of halogens is 1. The van der Waals surface area contributed by atoms with Gasteiger partial charge in [0.25, 0.3) is 0 Å². The van der Waals surface area contributed by atoms with Gasteiger partial charge < -0.3 is 10.5 Å². The Balaban J connectivity index is 2.22. The number of nitrogens with one attached hydrogen (secondary N) is 1. The zero-order chi connectivity index (χ0) is 13.8. The Kier molecular flexibility index (Phi) is 3.80. The molecule has 98 valence electrons. The summed E-state index contributed by atoms with van der Waals surface area (Å²) in [5, 5.41) is 7.50. The van der Waals surface area contributed by atoms with Crippen molar-refractivity contribution in [3.8, 4) is 5.75 Å². The summed E-state index contributed by atoms with van der Waals surface area (Å²) in [7, 11) is 0. The molecule has 0 heterocycles. The van der Waals surface area contributed by atoms with Gasteiger partial charge in [0.05, 0.1) is 5.56 Å². The van der Waals surface area contributed by atoms with E-state index in [-0.39, 0.29) is 18.3 Å². The number of nitrogen functional groups attached to an aromatic ring is 1. The van der Waals surface area contributed by atoms with Gasteiger partial charge in [0.15, 0.2) is 0 Å². The van der Waals surface area contributed by atoms with Crippen molar-refractivity contribution >= 4 is 5.84 Å². The average molecular weight is 258 g/mol. The van der Waals surface area contributed by atoms with E-state index in [0.29, 0.717) is 16.9 Å². The highest BCUT2D eigenvalue weighted by molar-refractivity contribution is 5.97. The van der Waals surface area contributed by atoms with Crippen LogP contribution < -0.4 is 10.5 Å². The van der Waals surface area contributed by atoms with Crippen molar-refractivity contribution in [3.05, 3.63) is 65.0 Å². The number of hydrogen-bond donors (Lipinski definition) is 2. The third kappa shape index (κ3) is 3.10. The first-order valence-corrected chi connectivity index (χ1v) is 5.89. The quantitative estimate of drug-likeness (QED) is 0.654. The van der Waals surface area contributed by atoms with E-state index in [1.807, 2.05) is 13.0 Å². The van der Waals surface area contributed by atoms with Gasteiger partial charge in [0.2, 0.25) is 0 Å². The maximum absolute atomic E-state index is 13.5. The Hall–Kier alpha value is -2.36. The van der Waals surface area contributed by atoms with E-state index in [0.717, 1.165) is 5.56 Å². The summed E-state index contributed by atoms with van der Waals surface area (Å²) < 4.78 is 19.1. The van der Waals surface area contributed by atoms with Crippen molar-refractivity contribution in [1.29, 1.82) is 5.41 Å². The first-order valence-electron chi connectivity index (χ1n) is 5.89. The van der Waals surface area contributed by atoms with Crippen LogP contribution in [0.25, 0.3) is 0 Å². The molecule has 2 aromatic carbocycles. The summed E-state index contributed by atoms with van der Waals surface area (Å²) in [5.74, 6) is 0.124. The molecule has 0 saturated heterocycles. The minimum absolute atomic E-state index is 0.0662. The van der Waals surface area contributed by atoms with Gasteiger partial charge in [0.1, 0.15) is 24.0 Å². The fraction of sp³-hybridized carbons (Fsp3) is 0.133. The molecule has 4 heteroatoms. The Labute approximate surface area is 111 Å². The molecule has 3 N–H and O–H groups in total. The van der Waals surface area contributed by atoms with Gasteiger partial charge in [-0.05, 0) is 30.7 Å². The van der Waals surface area contributed by atoms with Gasteiger partial charge in [-0.25, -0.2) is 4.39 Å². The van der Waals surface area contributed by atoms with Gasteiger partial charge in [-0.2, -0.15) is 0 Å². The zero-order valence-electron chi connectivity index (χ0n) is 10.6. The third-order valence-corrected chi connectivity index (χ3v) is 2.77. The standard InChI is InChI=1S/C15H15FN2O/c1-10-6-7-12(15(17)18)14(8-10)19-9-11-4-2-3-5-13(11)16/h2-8H,9H2,1H3,(H3,17,18).